The van der Waals surface area contributed by atoms with Gasteiger partial charge in [0.05, 0.1) is 30.6 Å². The molecule has 2 unspecified atom stereocenters. The first-order valence-corrected chi connectivity index (χ1v) is 19.9. The monoisotopic (exact) mass is 800 g/mol. The average molecular weight is 801 g/mol. The lowest BCUT2D eigenvalue weighted by Crippen LogP contribution is -2.56. The summed E-state index contributed by atoms with van der Waals surface area (Å²) in [6.07, 6.45) is 3.89. The largest absolute Gasteiger partial charge is 0.465 e. The molecule has 2 aromatic heterocycles. The molecule has 3 fully saturated rings. The molecule has 4 heterocycles. The van der Waals surface area contributed by atoms with Crippen LogP contribution in [-0.4, -0.2) is 96.0 Å². The van der Waals surface area contributed by atoms with Gasteiger partial charge in [-0.25, -0.2) is 28.3 Å². The van der Waals surface area contributed by atoms with Crippen molar-refractivity contribution >= 4 is 24.0 Å². The number of hydrogen-bond acceptors (Lipinski definition) is 7. The second kappa shape index (κ2) is 16.2. The van der Waals surface area contributed by atoms with Gasteiger partial charge >= 0.3 is 12.2 Å². The quantitative estimate of drug-likeness (QED) is 0.110. The fourth-order valence-corrected chi connectivity index (χ4v) is 8.83. The number of methoxy groups -OCH3 is 1. The van der Waals surface area contributed by atoms with Crippen molar-refractivity contribution in [3.8, 4) is 33.6 Å². The Bertz CT molecular complexity index is 2120. The van der Waals surface area contributed by atoms with Crippen molar-refractivity contribution in [2.75, 3.05) is 13.7 Å². The van der Waals surface area contributed by atoms with Crippen LogP contribution in [0.15, 0.2) is 60.9 Å². The molecule has 308 valence electrons. The number of aromatic nitrogens is 4. The zero-order valence-electron chi connectivity index (χ0n) is 33.1. The van der Waals surface area contributed by atoms with Gasteiger partial charge in [0.1, 0.15) is 23.7 Å². The number of alkyl carbamates (subject to hydrolysis) is 1. The minimum atomic E-state index is -2.79. The molecule has 2 saturated heterocycles. The first kappa shape index (κ1) is 40.4. The molecule has 2 aliphatic heterocycles. The van der Waals surface area contributed by atoms with Crippen LogP contribution in [0.3, 0.4) is 0 Å². The molecule has 0 radical (unpaired) electrons. The van der Waals surface area contributed by atoms with Gasteiger partial charge in [-0.2, -0.15) is 0 Å². The number of rotatable bonds is 10. The van der Waals surface area contributed by atoms with Crippen LogP contribution in [0.4, 0.5) is 18.4 Å². The highest BCUT2D eigenvalue weighted by Gasteiger charge is 2.55. The molecule has 1 aliphatic carbocycles. The summed E-state index contributed by atoms with van der Waals surface area (Å²) in [6.45, 7) is 5.81. The van der Waals surface area contributed by atoms with Crippen molar-refractivity contribution in [2.45, 2.75) is 108 Å². The van der Waals surface area contributed by atoms with E-state index >= 15 is 0 Å². The summed E-state index contributed by atoms with van der Waals surface area (Å²) in [5, 5.41) is 14.2. The summed E-state index contributed by atoms with van der Waals surface area (Å²) in [4.78, 5) is 70.3. The molecule has 3 aliphatic rings. The third-order valence-corrected chi connectivity index (χ3v) is 12.0. The summed E-state index contributed by atoms with van der Waals surface area (Å²) in [5.74, 6) is -2.30. The minimum Gasteiger partial charge on any atom is -0.465 e. The highest BCUT2D eigenvalue weighted by atomic mass is 19.3. The molecule has 16 heteroatoms. The standard InChI is InChI=1S/C42H50F2N8O6/c1-24(2)34(50-40(57)58-4)38(54)51-21-5-6-32(51)35-45-22-30(48-35)28-11-7-26(8-12-28)27-9-13-29(14-10-27)31-23-46-36(49-31)33-15-16-41(17-19-42(43,44)20-18-41)52(33)37(53)25(3)47-39(55)56/h7-14,22-25,32-34,47H,5-6,15-21H2,1-4H3,(H,45,48)(H,46,49)(H,50,57)(H,55,56)/t25-,32?,33?,34-/m0/s1. The number of alkyl halides is 2. The molecule has 1 spiro atoms. The zero-order valence-corrected chi connectivity index (χ0v) is 33.1. The van der Waals surface area contributed by atoms with E-state index in [4.69, 9.17) is 14.7 Å². The number of halogens is 2. The van der Waals surface area contributed by atoms with Crippen LogP contribution >= 0.6 is 0 Å². The molecule has 4 atom stereocenters. The molecular weight excluding hydrogens is 751 g/mol. The fraction of sp³-hybridized carbons (Fsp3) is 0.476. The Kier molecular flexibility index (Phi) is 11.3. The number of imidazole rings is 2. The molecule has 58 heavy (non-hydrogen) atoms. The van der Waals surface area contributed by atoms with Crippen LogP contribution in [0, 0.1) is 5.92 Å². The van der Waals surface area contributed by atoms with Gasteiger partial charge in [0, 0.05) is 48.4 Å². The highest BCUT2D eigenvalue weighted by Crippen LogP contribution is 2.52. The van der Waals surface area contributed by atoms with Crippen LogP contribution in [-0.2, 0) is 14.3 Å². The number of H-pyrrole nitrogens is 2. The number of amides is 4. The molecule has 1 saturated carbocycles. The van der Waals surface area contributed by atoms with Crippen LogP contribution in [0.5, 0.6) is 0 Å². The maximum Gasteiger partial charge on any atom is 0.407 e. The van der Waals surface area contributed by atoms with Crippen LogP contribution in [0.2, 0.25) is 0 Å². The molecule has 7 rings (SSSR count). The fourth-order valence-electron chi connectivity index (χ4n) is 8.83. The summed E-state index contributed by atoms with van der Waals surface area (Å²) in [5.41, 5.74) is 4.35. The van der Waals surface area contributed by atoms with Gasteiger partial charge in [-0.05, 0) is 62.5 Å². The number of carbonyl (C=O) groups is 4. The number of ether oxygens (including phenoxy) is 1. The van der Waals surface area contributed by atoms with Gasteiger partial charge in [0.15, 0.2) is 0 Å². The number of hydrogen-bond donors (Lipinski definition) is 5. The molecule has 2 aromatic carbocycles. The maximum atomic E-state index is 14.2. The van der Waals surface area contributed by atoms with E-state index in [1.54, 1.807) is 16.0 Å². The van der Waals surface area contributed by atoms with E-state index in [1.165, 1.54) is 14.0 Å². The first-order valence-electron chi connectivity index (χ1n) is 19.9. The average Bonchev–Trinajstić information content (AvgIpc) is 4.04. The summed E-state index contributed by atoms with van der Waals surface area (Å²) in [7, 11) is 1.27. The second-order valence-electron chi connectivity index (χ2n) is 16.1. The van der Waals surface area contributed by atoms with E-state index < -0.39 is 47.7 Å². The van der Waals surface area contributed by atoms with Crippen molar-refractivity contribution in [3.05, 3.63) is 72.6 Å². The van der Waals surface area contributed by atoms with Gasteiger partial charge in [0.2, 0.25) is 17.7 Å². The van der Waals surface area contributed by atoms with E-state index in [9.17, 15) is 33.1 Å². The Labute approximate surface area is 335 Å². The van der Waals surface area contributed by atoms with Gasteiger partial charge in [-0.1, -0.05) is 62.4 Å². The third-order valence-electron chi connectivity index (χ3n) is 12.0. The lowest BCUT2D eigenvalue weighted by Gasteiger charge is -2.46. The minimum absolute atomic E-state index is 0.126. The van der Waals surface area contributed by atoms with E-state index in [1.807, 2.05) is 68.6 Å². The number of likely N-dealkylation sites (tertiary alicyclic amines) is 2. The van der Waals surface area contributed by atoms with Crippen molar-refractivity contribution in [3.63, 3.8) is 0 Å². The number of carbonyl (C=O) groups excluding carboxylic acids is 3. The SMILES string of the molecule is COC(=O)N[C@H](C(=O)N1CCCC1c1nc(-c2ccc(-c3ccc(-c4c[nH]c(C5CCC6(CCC(F)(F)CC6)N5C(=O)[C@H](C)NC(=O)O)n4)cc3)cc2)c[nH]1)C(C)C. The molecular formula is C42H50F2N8O6. The molecule has 4 amide bonds. The van der Waals surface area contributed by atoms with Crippen LogP contribution in [0.1, 0.15) is 95.9 Å². The number of carboxylic acid groups (broad SMARTS) is 1. The third kappa shape index (κ3) is 8.14. The van der Waals surface area contributed by atoms with Gasteiger partial charge in [-0.15, -0.1) is 0 Å². The predicted molar refractivity (Wildman–Crippen MR) is 210 cm³/mol. The normalized spacial score (nSPS) is 20.9. The lowest BCUT2D eigenvalue weighted by atomic mass is 9.78. The molecule has 14 nitrogen and oxygen atoms in total. The van der Waals surface area contributed by atoms with E-state index in [0.29, 0.717) is 36.7 Å². The Morgan fingerprint density at radius 1 is 0.776 bits per heavy atom. The van der Waals surface area contributed by atoms with Crippen molar-refractivity contribution in [1.82, 2.24) is 40.4 Å². The number of nitrogens with zero attached hydrogens (tertiary/aromatic N) is 4. The number of nitrogens with one attached hydrogen (secondary N) is 4. The Balaban J connectivity index is 1.03. The number of aromatic amines is 2. The van der Waals surface area contributed by atoms with Crippen LogP contribution in [0.25, 0.3) is 33.6 Å². The highest BCUT2D eigenvalue weighted by molar-refractivity contribution is 5.87. The maximum absolute atomic E-state index is 14.2. The van der Waals surface area contributed by atoms with Crippen LogP contribution < -0.4 is 10.6 Å². The van der Waals surface area contributed by atoms with Gasteiger partial charge in [-0.3, -0.25) is 9.59 Å². The van der Waals surface area contributed by atoms with Crippen molar-refractivity contribution in [2.24, 2.45) is 5.92 Å². The second-order valence-corrected chi connectivity index (χ2v) is 16.1. The molecule has 0 bridgehead atoms. The van der Waals surface area contributed by atoms with Crippen molar-refractivity contribution in [1.29, 1.82) is 0 Å². The first-order chi connectivity index (χ1) is 27.7. The zero-order chi connectivity index (χ0) is 41.4. The van der Waals surface area contributed by atoms with E-state index in [2.05, 4.69) is 20.6 Å². The lowest BCUT2D eigenvalue weighted by molar-refractivity contribution is -0.146. The topological polar surface area (TPSA) is 186 Å². The van der Waals surface area contributed by atoms with E-state index in [0.717, 1.165) is 40.8 Å². The smallest absolute Gasteiger partial charge is 0.407 e. The predicted octanol–water partition coefficient (Wildman–Crippen LogP) is 7.45. The Morgan fingerprint density at radius 3 is 1.83 bits per heavy atom. The Morgan fingerprint density at radius 2 is 1.31 bits per heavy atom. The van der Waals surface area contributed by atoms with Gasteiger partial charge < -0.3 is 40.2 Å². The van der Waals surface area contributed by atoms with Crippen molar-refractivity contribution < 1.29 is 37.8 Å². The summed E-state index contributed by atoms with van der Waals surface area (Å²) in [6, 6.07) is 13.4. The summed E-state index contributed by atoms with van der Waals surface area (Å²) < 4.78 is 33.2. The molecule has 5 N–H and O–H groups in total. The van der Waals surface area contributed by atoms with E-state index in [-0.39, 0.29) is 43.6 Å². The van der Waals surface area contributed by atoms with Gasteiger partial charge in [0.25, 0.3) is 0 Å². The summed E-state index contributed by atoms with van der Waals surface area (Å²) >= 11 is 0. The number of benzene rings is 2. The Hall–Kier alpha value is -5.80. The molecule has 4 aromatic rings.